The van der Waals surface area contributed by atoms with Crippen LogP contribution in [0.25, 0.3) is 0 Å². The zero-order valence-corrected chi connectivity index (χ0v) is 16.9. The number of carbonyl (C=O) groups excluding carboxylic acids is 2. The summed E-state index contributed by atoms with van der Waals surface area (Å²) in [6.45, 7) is 3.43. The molecule has 0 bridgehead atoms. The molecular formula is C18H20ClN3O5S. The third-order valence-electron chi connectivity index (χ3n) is 3.58. The number of ether oxygens (including phenoxy) is 1. The monoisotopic (exact) mass is 425 g/mol. The molecule has 150 valence electrons. The number of carbonyl (C=O) groups is 2. The minimum atomic E-state index is -3.59. The van der Waals surface area contributed by atoms with Crippen molar-refractivity contribution in [2.24, 2.45) is 0 Å². The van der Waals surface area contributed by atoms with E-state index in [-0.39, 0.29) is 23.6 Å². The van der Waals surface area contributed by atoms with E-state index < -0.39 is 21.8 Å². The summed E-state index contributed by atoms with van der Waals surface area (Å²) in [6.07, 6.45) is 0. The Bertz CT molecular complexity index is 962. The van der Waals surface area contributed by atoms with E-state index in [1.807, 2.05) is 6.92 Å². The maximum atomic E-state index is 12.0. The van der Waals surface area contributed by atoms with Crippen LogP contribution in [0, 0.1) is 6.92 Å². The number of hydrogen-bond acceptors (Lipinski definition) is 5. The smallest absolute Gasteiger partial charge is 0.276 e. The molecule has 0 radical (unpaired) electrons. The Hall–Kier alpha value is -2.62. The second kappa shape index (κ2) is 9.54. The summed E-state index contributed by atoms with van der Waals surface area (Å²) >= 11 is 5.92. The highest BCUT2D eigenvalue weighted by atomic mass is 35.5. The van der Waals surface area contributed by atoms with Crippen molar-refractivity contribution in [1.82, 2.24) is 15.6 Å². The lowest BCUT2D eigenvalue weighted by Gasteiger charge is -2.10. The van der Waals surface area contributed by atoms with Gasteiger partial charge in [-0.25, -0.2) is 13.1 Å². The van der Waals surface area contributed by atoms with E-state index >= 15 is 0 Å². The highest BCUT2D eigenvalue weighted by Gasteiger charge is 2.14. The van der Waals surface area contributed by atoms with Crippen LogP contribution in [0.5, 0.6) is 5.75 Å². The molecule has 0 aliphatic rings. The van der Waals surface area contributed by atoms with Crippen molar-refractivity contribution in [2.75, 3.05) is 13.2 Å². The van der Waals surface area contributed by atoms with Crippen LogP contribution >= 0.6 is 11.6 Å². The van der Waals surface area contributed by atoms with Gasteiger partial charge >= 0.3 is 0 Å². The second-order valence-electron chi connectivity index (χ2n) is 5.73. The van der Waals surface area contributed by atoms with Gasteiger partial charge in [-0.15, -0.1) is 0 Å². The number of aryl methyl sites for hydroxylation is 1. The molecule has 0 atom stereocenters. The van der Waals surface area contributed by atoms with Gasteiger partial charge in [-0.3, -0.25) is 20.4 Å². The van der Waals surface area contributed by atoms with Gasteiger partial charge in [-0.1, -0.05) is 18.5 Å². The van der Waals surface area contributed by atoms with Crippen molar-refractivity contribution in [3.63, 3.8) is 0 Å². The first-order valence-electron chi connectivity index (χ1n) is 8.31. The van der Waals surface area contributed by atoms with E-state index in [1.54, 1.807) is 25.1 Å². The molecule has 0 unspecified atom stereocenters. The maximum absolute atomic E-state index is 12.0. The van der Waals surface area contributed by atoms with Gasteiger partial charge in [-0.05, 0) is 55.0 Å². The van der Waals surface area contributed by atoms with Gasteiger partial charge in [0.1, 0.15) is 5.75 Å². The number of halogens is 1. The predicted molar refractivity (Wildman–Crippen MR) is 105 cm³/mol. The topological polar surface area (TPSA) is 114 Å². The first-order chi connectivity index (χ1) is 13.2. The molecular weight excluding hydrogens is 406 g/mol. The minimum absolute atomic E-state index is 0.0431. The van der Waals surface area contributed by atoms with E-state index in [0.717, 1.165) is 5.56 Å². The van der Waals surface area contributed by atoms with Crippen LogP contribution in [-0.4, -0.2) is 33.4 Å². The molecule has 2 aromatic rings. The Balaban J connectivity index is 1.85. The summed E-state index contributed by atoms with van der Waals surface area (Å²) in [5.41, 5.74) is 5.45. The molecule has 0 saturated carbocycles. The van der Waals surface area contributed by atoms with Crippen LogP contribution in [0.3, 0.4) is 0 Å². The molecule has 0 aliphatic heterocycles. The first-order valence-corrected chi connectivity index (χ1v) is 10.2. The van der Waals surface area contributed by atoms with Gasteiger partial charge < -0.3 is 4.74 Å². The molecule has 2 rings (SSSR count). The molecule has 0 saturated heterocycles. The molecule has 0 aromatic heterocycles. The number of benzene rings is 2. The Labute approximate surface area is 168 Å². The van der Waals surface area contributed by atoms with Crippen LogP contribution < -0.4 is 20.3 Å². The zero-order valence-electron chi connectivity index (χ0n) is 15.3. The Morgan fingerprint density at radius 3 is 2.36 bits per heavy atom. The molecule has 0 fully saturated rings. The van der Waals surface area contributed by atoms with Gasteiger partial charge in [0.15, 0.2) is 6.61 Å². The third-order valence-corrected chi connectivity index (χ3v) is 5.56. The van der Waals surface area contributed by atoms with Crippen molar-refractivity contribution >= 4 is 33.4 Å². The highest BCUT2D eigenvalue weighted by molar-refractivity contribution is 7.89. The van der Waals surface area contributed by atoms with Gasteiger partial charge in [0, 0.05) is 17.1 Å². The fourth-order valence-corrected chi connectivity index (χ4v) is 3.31. The number of hydrogen-bond donors (Lipinski definition) is 3. The van der Waals surface area contributed by atoms with E-state index in [4.69, 9.17) is 16.3 Å². The van der Waals surface area contributed by atoms with Crippen molar-refractivity contribution in [3.8, 4) is 5.75 Å². The second-order valence-corrected chi connectivity index (χ2v) is 7.90. The van der Waals surface area contributed by atoms with Crippen LogP contribution in [0.4, 0.5) is 0 Å². The quantitative estimate of drug-likeness (QED) is 0.585. The minimum Gasteiger partial charge on any atom is -0.484 e. The Morgan fingerprint density at radius 2 is 1.75 bits per heavy atom. The summed E-state index contributed by atoms with van der Waals surface area (Å²) in [5.74, 6) is -0.684. The lowest BCUT2D eigenvalue weighted by atomic mass is 10.2. The summed E-state index contributed by atoms with van der Waals surface area (Å²) in [4.78, 5) is 23.9. The van der Waals surface area contributed by atoms with Gasteiger partial charge in [0.25, 0.3) is 11.8 Å². The average molecular weight is 426 g/mol. The summed E-state index contributed by atoms with van der Waals surface area (Å²) in [5, 5.41) is 0.591. The summed E-state index contributed by atoms with van der Waals surface area (Å²) in [7, 11) is -3.59. The van der Waals surface area contributed by atoms with Crippen molar-refractivity contribution < 1.29 is 22.7 Å². The number of amides is 2. The largest absolute Gasteiger partial charge is 0.484 e. The van der Waals surface area contributed by atoms with Crippen LogP contribution in [0.1, 0.15) is 22.8 Å². The van der Waals surface area contributed by atoms with Crippen molar-refractivity contribution in [3.05, 3.63) is 58.6 Å². The first kappa shape index (κ1) is 21.7. The highest BCUT2D eigenvalue weighted by Crippen LogP contribution is 2.20. The molecule has 28 heavy (non-hydrogen) atoms. The van der Waals surface area contributed by atoms with Crippen molar-refractivity contribution in [2.45, 2.75) is 18.7 Å². The van der Waals surface area contributed by atoms with E-state index in [2.05, 4.69) is 15.6 Å². The number of nitrogens with one attached hydrogen (secondary N) is 3. The normalized spacial score (nSPS) is 11.0. The Kier molecular flexibility index (Phi) is 7.38. The van der Waals surface area contributed by atoms with E-state index in [0.29, 0.717) is 10.8 Å². The molecule has 0 aliphatic carbocycles. The third kappa shape index (κ3) is 5.95. The predicted octanol–water partition coefficient (Wildman–Crippen LogP) is 1.79. The fraction of sp³-hybridized carbons (Fsp3) is 0.222. The lowest BCUT2D eigenvalue weighted by molar-refractivity contribution is -0.123. The average Bonchev–Trinajstić information content (AvgIpc) is 2.67. The molecule has 10 heteroatoms. The Morgan fingerprint density at radius 1 is 1.07 bits per heavy atom. The standard InChI is InChI=1S/C18H20ClN3O5S/c1-3-20-28(25,26)15-7-4-13(5-8-15)18(24)22-21-17(23)11-27-14-6-9-16(19)12(2)10-14/h4-10,20H,3,11H2,1-2H3,(H,21,23)(H,22,24). The van der Waals surface area contributed by atoms with Crippen LogP contribution in [0.15, 0.2) is 47.4 Å². The fourth-order valence-electron chi connectivity index (χ4n) is 2.15. The maximum Gasteiger partial charge on any atom is 0.276 e. The molecule has 0 spiro atoms. The number of sulfonamides is 1. The molecule has 8 nitrogen and oxygen atoms in total. The number of hydrazine groups is 1. The number of rotatable bonds is 7. The van der Waals surface area contributed by atoms with Gasteiger partial charge in [0.05, 0.1) is 4.90 Å². The zero-order chi connectivity index (χ0) is 20.7. The SMILES string of the molecule is CCNS(=O)(=O)c1ccc(C(=O)NNC(=O)COc2ccc(Cl)c(C)c2)cc1. The lowest BCUT2D eigenvalue weighted by Crippen LogP contribution is -2.43. The van der Waals surface area contributed by atoms with Gasteiger partial charge in [0.2, 0.25) is 10.0 Å². The molecule has 0 heterocycles. The summed E-state index contributed by atoms with van der Waals surface area (Å²) < 4.78 is 31.4. The van der Waals surface area contributed by atoms with Crippen molar-refractivity contribution in [1.29, 1.82) is 0 Å². The van der Waals surface area contributed by atoms with Crippen LogP contribution in [0.2, 0.25) is 5.02 Å². The summed E-state index contributed by atoms with van der Waals surface area (Å²) in [6, 6.07) is 10.3. The molecule has 3 N–H and O–H groups in total. The van der Waals surface area contributed by atoms with Gasteiger partial charge in [-0.2, -0.15) is 0 Å². The molecule has 2 amide bonds. The van der Waals surface area contributed by atoms with E-state index in [1.165, 1.54) is 24.3 Å². The van der Waals surface area contributed by atoms with Crippen LogP contribution in [-0.2, 0) is 14.8 Å². The molecule has 2 aromatic carbocycles. The van der Waals surface area contributed by atoms with E-state index in [9.17, 15) is 18.0 Å².